The summed E-state index contributed by atoms with van der Waals surface area (Å²) in [5, 5.41) is 2.70. The summed E-state index contributed by atoms with van der Waals surface area (Å²) in [5.74, 6) is -0.196. The van der Waals surface area contributed by atoms with Gasteiger partial charge >= 0.3 is 0 Å². The number of nitrogens with one attached hydrogen (secondary N) is 1. The molecule has 0 unspecified atom stereocenters. The van der Waals surface area contributed by atoms with Crippen molar-refractivity contribution < 1.29 is 4.79 Å². The molecule has 0 heterocycles. The number of rotatable bonds is 2. The van der Waals surface area contributed by atoms with Gasteiger partial charge in [0.2, 0.25) is 5.91 Å². The van der Waals surface area contributed by atoms with Gasteiger partial charge in [0.05, 0.1) is 5.54 Å². The van der Waals surface area contributed by atoms with Crippen LogP contribution in [0.5, 0.6) is 0 Å². The van der Waals surface area contributed by atoms with E-state index >= 15 is 0 Å². The van der Waals surface area contributed by atoms with Gasteiger partial charge in [0.15, 0.2) is 0 Å². The van der Waals surface area contributed by atoms with Crippen molar-refractivity contribution in [1.29, 1.82) is 0 Å². The van der Waals surface area contributed by atoms with Gasteiger partial charge in [0.25, 0.3) is 0 Å². The summed E-state index contributed by atoms with van der Waals surface area (Å²) >= 11 is 0. The lowest BCUT2D eigenvalue weighted by molar-refractivity contribution is -0.120. The Labute approximate surface area is 77.9 Å². The molecule has 0 fully saturated rings. The Balaban J connectivity index is 2.66. The number of hydrogen-bond acceptors (Lipinski definition) is 2. The zero-order valence-electron chi connectivity index (χ0n) is 7.79. The molecular weight excluding hydrogens is 164 g/mol. The third kappa shape index (κ3) is 2.87. The monoisotopic (exact) mass is 177 g/mol. The minimum Gasteiger partial charge on any atom is -0.325 e. The number of carbonyl (C=O) groups is 1. The topological polar surface area (TPSA) is 55.1 Å². The molecule has 0 saturated heterocycles. The van der Waals surface area contributed by atoms with Gasteiger partial charge in [-0.25, -0.2) is 0 Å². The van der Waals surface area contributed by atoms with Crippen LogP contribution in [0.15, 0.2) is 24.3 Å². The number of hydrogen-bond donors (Lipinski definition) is 2. The van der Waals surface area contributed by atoms with Crippen LogP contribution < -0.4 is 11.1 Å². The van der Waals surface area contributed by atoms with E-state index in [9.17, 15) is 4.79 Å². The molecule has 69 valence electrons. The van der Waals surface area contributed by atoms with Crippen LogP contribution in [0.3, 0.4) is 0 Å². The number of carbonyl (C=O) groups excluding carboxylic acids is 1. The predicted octanol–water partition coefficient (Wildman–Crippen LogP) is 1.16. The molecule has 1 aromatic rings. The number of amides is 1. The van der Waals surface area contributed by atoms with Crippen LogP contribution in [0.25, 0.3) is 0 Å². The van der Waals surface area contributed by atoms with Crippen molar-refractivity contribution in [3.05, 3.63) is 30.3 Å². The molecule has 3 N–H and O–H groups in total. The van der Waals surface area contributed by atoms with E-state index in [1.807, 2.05) is 0 Å². The Morgan fingerprint density at radius 1 is 1.46 bits per heavy atom. The molecule has 3 nitrogen and oxygen atoms in total. The van der Waals surface area contributed by atoms with E-state index in [0.717, 1.165) is 5.69 Å². The smallest absolute Gasteiger partial charge is 0.243 e. The lowest BCUT2D eigenvalue weighted by Gasteiger charge is -2.17. The summed E-state index contributed by atoms with van der Waals surface area (Å²) in [5.41, 5.74) is 5.50. The van der Waals surface area contributed by atoms with Gasteiger partial charge in [0.1, 0.15) is 0 Å². The molecule has 0 saturated carbocycles. The minimum atomic E-state index is -0.848. The highest BCUT2D eigenvalue weighted by molar-refractivity contribution is 5.97. The summed E-state index contributed by atoms with van der Waals surface area (Å²) in [7, 11) is 0. The van der Waals surface area contributed by atoms with Crippen molar-refractivity contribution in [1.82, 2.24) is 0 Å². The fourth-order valence-electron chi connectivity index (χ4n) is 0.762. The maximum Gasteiger partial charge on any atom is 0.243 e. The van der Waals surface area contributed by atoms with E-state index in [1.165, 1.54) is 0 Å². The van der Waals surface area contributed by atoms with Crippen molar-refractivity contribution in [2.75, 3.05) is 5.32 Å². The number of benzene rings is 1. The third-order valence-corrected chi connectivity index (χ3v) is 1.56. The van der Waals surface area contributed by atoms with Crippen LogP contribution >= 0.6 is 0 Å². The molecule has 1 rings (SSSR count). The van der Waals surface area contributed by atoms with E-state index in [1.54, 1.807) is 38.1 Å². The molecule has 0 bridgehead atoms. The average Bonchev–Trinajstić information content (AvgIpc) is 2.04. The molecule has 0 aromatic heterocycles. The van der Waals surface area contributed by atoms with Crippen molar-refractivity contribution >= 4 is 11.6 Å². The van der Waals surface area contributed by atoms with Crippen molar-refractivity contribution in [3.8, 4) is 0 Å². The van der Waals surface area contributed by atoms with Crippen molar-refractivity contribution in [2.24, 2.45) is 5.73 Å². The van der Waals surface area contributed by atoms with Gasteiger partial charge in [-0.05, 0) is 32.0 Å². The highest BCUT2D eigenvalue weighted by atomic mass is 16.2. The fourth-order valence-corrected chi connectivity index (χ4v) is 0.762. The Kier molecular flexibility index (Phi) is 2.68. The summed E-state index contributed by atoms with van der Waals surface area (Å²) < 4.78 is 0. The summed E-state index contributed by atoms with van der Waals surface area (Å²) in [4.78, 5) is 11.4. The van der Waals surface area contributed by atoms with Crippen LogP contribution in [0.2, 0.25) is 0 Å². The Bertz CT molecular complexity index is 288. The van der Waals surface area contributed by atoms with E-state index in [4.69, 9.17) is 5.73 Å². The Hall–Kier alpha value is -1.35. The van der Waals surface area contributed by atoms with E-state index in [0.29, 0.717) is 0 Å². The standard InChI is InChI=1S/C10H13N2O/c1-10(2,11)9(13)12-8-6-4-3-5-7-8/h4-7H,11H2,1-2H3,(H,12,13). The second-order valence-corrected chi connectivity index (χ2v) is 3.46. The number of anilines is 1. The first-order valence-electron chi connectivity index (χ1n) is 4.06. The van der Waals surface area contributed by atoms with Gasteiger partial charge < -0.3 is 11.1 Å². The maximum atomic E-state index is 11.4. The average molecular weight is 177 g/mol. The fraction of sp³-hybridized carbons (Fsp3) is 0.300. The van der Waals surface area contributed by atoms with Crippen molar-refractivity contribution in [2.45, 2.75) is 19.4 Å². The van der Waals surface area contributed by atoms with Crippen LogP contribution in [0.4, 0.5) is 5.69 Å². The van der Waals surface area contributed by atoms with Gasteiger partial charge in [-0.15, -0.1) is 0 Å². The van der Waals surface area contributed by atoms with Crippen LogP contribution in [-0.2, 0) is 4.79 Å². The highest BCUT2D eigenvalue weighted by Crippen LogP contribution is 2.07. The second kappa shape index (κ2) is 3.58. The second-order valence-electron chi connectivity index (χ2n) is 3.46. The molecule has 0 aliphatic rings. The summed E-state index contributed by atoms with van der Waals surface area (Å²) in [6.07, 6.45) is 0. The lowest BCUT2D eigenvalue weighted by Crippen LogP contribution is -2.45. The molecule has 1 aromatic carbocycles. The molecule has 0 aliphatic heterocycles. The van der Waals surface area contributed by atoms with Crippen LogP contribution in [-0.4, -0.2) is 11.4 Å². The predicted molar refractivity (Wildman–Crippen MR) is 52.2 cm³/mol. The first-order chi connectivity index (χ1) is 6.00. The summed E-state index contributed by atoms with van der Waals surface area (Å²) in [6.45, 7) is 3.33. The zero-order chi connectivity index (χ0) is 9.90. The van der Waals surface area contributed by atoms with Crippen molar-refractivity contribution in [3.63, 3.8) is 0 Å². The largest absolute Gasteiger partial charge is 0.325 e. The van der Waals surface area contributed by atoms with Gasteiger partial charge in [-0.1, -0.05) is 12.1 Å². The molecule has 0 atom stereocenters. The highest BCUT2D eigenvalue weighted by Gasteiger charge is 2.21. The van der Waals surface area contributed by atoms with E-state index in [2.05, 4.69) is 11.4 Å². The third-order valence-electron chi connectivity index (χ3n) is 1.56. The lowest BCUT2D eigenvalue weighted by atomic mass is 10.1. The first-order valence-corrected chi connectivity index (χ1v) is 4.06. The molecule has 0 spiro atoms. The quantitative estimate of drug-likeness (QED) is 0.712. The van der Waals surface area contributed by atoms with Gasteiger partial charge in [0, 0.05) is 5.69 Å². The maximum absolute atomic E-state index is 11.4. The normalized spacial score (nSPS) is 11.0. The SMILES string of the molecule is CC(C)(N)C(=O)Nc1cc[c]cc1. The Morgan fingerprint density at radius 3 is 2.46 bits per heavy atom. The zero-order valence-corrected chi connectivity index (χ0v) is 7.79. The molecule has 3 heteroatoms. The minimum absolute atomic E-state index is 0.196. The van der Waals surface area contributed by atoms with E-state index in [-0.39, 0.29) is 5.91 Å². The molecule has 1 radical (unpaired) electrons. The molecule has 13 heavy (non-hydrogen) atoms. The first kappa shape index (κ1) is 9.74. The summed E-state index contributed by atoms with van der Waals surface area (Å²) in [6, 6.07) is 9.87. The number of nitrogens with two attached hydrogens (primary N) is 1. The van der Waals surface area contributed by atoms with Crippen LogP contribution in [0.1, 0.15) is 13.8 Å². The molecule has 1 amide bonds. The van der Waals surface area contributed by atoms with Gasteiger partial charge in [-0.2, -0.15) is 0 Å². The van der Waals surface area contributed by atoms with Crippen LogP contribution in [0, 0.1) is 6.07 Å². The van der Waals surface area contributed by atoms with E-state index < -0.39 is 5.54 Å². The molecular formula is C10H13N2O. The van der Waals surface area contributed by atoms with Gasteiger partial charge in [-0.3, -0.25) is 4.79 Å². The Morgan fingerprint density at radius 2 is 2.00 bits per heavy atom. The molecule has 0 aliphatic carbocycles.